The molecule has 4 nitrogen and oxygen atoms in total. The first-order valence-electron chi connectivity index (χ1n) is 7.61. The van der Waals surface area contributed by atoms with Crippen LogP contribution in [-0.4, -0.2) is 17.1 Å². The van der Waals surface area contributed by atoms with Crippen LogP contribution < -0.4 is 10.6 Å². The number of nitrogens with one attached hydrogen (secondary N) is 2. The van der Waals surface area contributed by atoms with E-state index >= 15 is 0 Å². The van der Waals surface area contributed by atoms with Gasteiger partial charge < -0.3 is 10.6 Å². The number of halogens is 1. The largest absolute Gasteiger partial charge is 0.326 e. The van der Waals surface area contributed by atoms with Gasteiger partial charge in [0, 0.05) is 27.7 Å². The number of anilines is 2. The summed E-state index contributed by atoms with van der Waals surface area (Å²) in [6.07, 6.45) is 0.442. The second-order valence-electron chi connectivity index (χ2n) is 5.19. The van der Waals surface area contributed by atoms with Gasteiger partial charge in [0.05, 0.1) is 5.25 Å². The van der Waals surface area contributed by atoms with Crippen molar-refractivity contribution >= 4 is 46.6 Å². The number of amides is 2. The second kappa shape index (κ2) is 8.76. The van der Waals surface area contributed by atoms with Gasteiger partial charge in [-0.1, -0.05) is 24.6 Å². The van der Waals surface area contributed by atoms with Gasteiger partial charge in [0.2, 0.25) is 11.8 Å². The zero-order valence-corrected chi connectivity index (χ0v) is 15.1. The minimum absolute atomic E-state index is 0.0235. The van der Waals surface area contributed by atoms with Crippen molar-refractivity contribution in [1.29, 1.82) is 0 Å². The number of carbonyl (C=O) groups excluding carboxylic acids is 2. The third kappa shape index (κ3) is 5.58. The Morgan fingerprint density at radius 2 is 1.79 bits per heavy atom. The van der Waals surface area contributed by atoms with Crippen LogP contribution in [0.3, 0.4) is 0 Å². The van der Waals surface area contributed by atoms with Crippen molar-refractivity contribution in [2.75, 3.05) is 10.6 Å². The smallest absolute Gasteiger partial charge is 0.237 e. The lowest BCUT2D eigenvalue weighted by molar-refractivity contribution is -0.116. The van der Waals surface area contributed by atoms with Crippen LogP contribution in [0.15, 0.2) is 53.4 Å². The number of hydrogen-bond donors (Lipinski definition) is 2. The van der Waals surface area contributed by atoms with Crippen LogP contribution in [0.4, 0.5) is 11.4 Å². The van der Waals surface area contributed by atoms with Crippen molar-refractivity contribution in [2.45, 2.75) is 30.4 Å². The van der Waals surface area contributed by atoms with Gasteiger partial charge in [-0.2, -0.15) is 0 Å². The van der Waals surface area contributed by atoms with Crippen molar-refractivity contribution in [3.05, 3.63) is 53.6 Å². The number of benzene rings is 2. The summed E-state index contributed by atoms with van der Waals surface area (Å²) in [4.78, 5) is 24.6. The predicted molar refractivity (Wildman–Crippen MR) is 101 cm³/mol. The molecule has 0 aliphatic carbocycles. The van der Waals surface area contributed by atoms with Crippen molar-refractivity contribution in [3.63, 3.8) is 0 Å². The number of carbonyl (C=O) groups is 2. The minimum Gasteiger partial charge on any atom is -0.326 e. The van der Waals surface area contributed by atoms with Gasteiger partial charge >= 0.3 is 0 Å². The lowest BCUT2D eigenvalue weighted by Gasteiger charge is -2.12. The lowest BCUT2D eigenvalue weighted by Crippen LogP contribution is -2.22. The number of rotatable bonds is 6. The quantitative estimate of drug-likeness (QED) is 0.725. The van der Waals surface area contributed by atoms with Gasteiger partial charge in [-0.05, 0) is 49.4 Å². The summed E-state index contributed by atoms with van der Waals surface area (Å²) in [7, 11) is 0. The highest BCUT2D eigenvalue weighted by Gasteiger charge is 2.14. The molecule has 0 bridgehead atoms. The third-order valence-electron chi connectivity index (χ3n) is 3.23. The predicted octanol–water partition coefficient (Wildman–Crippen LogP) is 4.81. The van der Waals surface area contributed by atoms with Crippen LogP contribution in [0.1, 0.15) is 20.3 Å². The van der Waals surface area contributed by atoms with Crippen LogP contribution in [0.25, 0.3) is 0 Å². The molecule has 2 N–H and O–H groups in total. The molecule has 24 heavy (non-hydrogen) atoms. The molecule has 0 fully saturated rings. The van der Waals surface area contributed by atoms with Crippen LogP contribution >= 0.6 is 23.4 Å². The maximum absolute atomic E-state index is 12.2. The van der Waals surface area contributed by atoms with E-state index in [1.54, 1.807) is 31.2 Å². The summed E-state index contributed by atoms with van der Waals surface area (Å²) in [6, 6.07) is 14.5. The summed E-state index contributed by atoms with van der Waals surface area (Å²) in [5, 5.41) is 5.96. The number of thioether (sulfide) groups is 1. The fourth-order valence-corrected chi connectivity index (χ4v) is 2.99. The molecule has 126 valence electrons. The van der Waals surface area contributed by atoms with Crippen molar-refractivity contribution in [1.82, 2.24) is 0 Å². The van der Waals surface area contributed by atoms with E-state index in [0.717, 1.165) is 10.6 Å². The molecule has 0 aromatic heterocycles. The van der Waals surface area contributed by atoms with E-state index in [1.165, 1.54) is 11.8 Å². The van der Waals surface area contributed by atoms with Crippen LogP contribution in [-0.2, 0) is 9.59 Å². The van der Waals surface area contributed by atoms with Crippen LogP contribution in [0, 0.1) is 0 Å². The van der Waals surface area contributed by atoms with E-state index in [1.807, 2.05) is 31.2 Å². The highest BCUT2D eigenvalue weighted by Crippen LogP contribution is 2.26. The highest BCUT2D eigenvalue weighted by atomic mass is 35.5. The molecule has 2 aromatic rings. The van der Waals surface area contributed by atoms with E-state index in [0.29, 0.717) is 17.1 Å². The molecule has 0 saturated heterocycles. The molecule has 0 heterocycles. The first-order valence-corrected chi connectivity index (χ1v) is 8.86. The Hall–Kier alpha value is -1.98. The summed E-state index contributed by atoms with van der Waals surface area (Å²) >= 11 is 7.36. The molecule has 2 aromatic carbocycles. The molecule has 0 aliphatic heterocycles. The first-order chi connectivity index (χ1) is 11.5. The van der Waals surface area contributed by atoms with Crippen molar-refractivity contribution in [2.24, 2.45) is 0 Å². The zero-order chi connectivity index (χ0) is 17.5. The lowest BCUT2D eigenvalue weighted by atomic mass is 10.3. The Balaban J connectivity index is 1.92. The molecular weight excluding hydrogens is 344 g/mol. The third-order valence-corrected chi connectivity index (χ3v) is 4.58. The molecule has 2 rings (SSSR count). The Morgan fingerprint density at radius 1 is 1.08 bits per heavy atom. The van der Waals surface area contributed by atoms with E-state index in [2.05, 4.69) is 10.6 Å². The highest BCUT2D eigenvalue weighted by molar-refractivity contribution is 8.00. The summed E-state index contributed by atoms with van der Waals surface area (Å²) < 4.78 is 0. The van der Waals surface area contributed by atoms with Crippen LogP contribution in [0.2, 0.25) is 5.02 Å². The standard InChI is InChI=1S/C18H19ClN2O2S/c1-3-17(22)20-14-7-9-16(10-8-14)24-12(2)18(23)21-15-6-4-5-13(19)11-15/h4-12H,3H2,1-2H3,(H,20,22)(H,21,23). The maximum atomic E-state index is 12.2. The molecule has 6 heteroatoms. The van der Waals surface area contributed by atoms with E-state index in [9.17, 15) is 9.59 Å². The van der Waals surface area contributed by atoms with Crippen molar-refractivity contribution in [3.8, 4) is 0 Å². The Bertz CT molecular complexity index is 719. The topological polar surface area (TPSA) is 58.2 Å². The first kappa shape index (κ1) is 18.4. The molecule has 0 spiro atoms. The molecular formula is C18H19ClN2O2S. The maximum Gasteiger partial charge on any atom is 0.237 e. The minimum atomic E-state index is -0.264. The normalized spacial score (nSPS) is 11.6. The Morgan fingerprint density at radius 3 is 2.42 bits per heavy atom. The van der Waals surface area contributed by atoms with Gasteiger partial charge in [-0.15, -0.1) is 11.8 Å². The molecule has 0 radical (unpaired) electrons. The van der Waals surface area contributed by atoms with Crippen LogP contribution in [0.5, 0.6) is 0 Å². The molecule has 1 atom stereocenters. The second-order valence-corrected chi connectivity index (χ2v) is 7.04. The average molecular weight is 363 g/mol. The van der Waals surface area contributed by atoms with Gasteiger partial charge in [0.15, 0.2) is 0 Å². The SMILES string of the molecule is CCC(=O)Nc1ccc(SC(C)C(=O)Nc2cccc(Cl)c2)cc1. The van der Waals surface area contributed by atoms with Gasteiger partial charge in [-0.3, -0.25) is 9.59 Å². The van der Waals surface area contributed by atoms with E-state index < -0.39 is 0 Å². The molecule has 0 saturated carbocycles. The fourth-order valence-electron chi connectivity index (χ4n) is 1.93. The number of hydrogen-bond acceptors (Lipinski definition) is 3. The molecule has 2 amide bonds. The van der Waals surface area contributed by atoms with Gasteiger partial charge in [0.25, 0.3) is 0 Å². The monoisotopic (exact) mass is 362 g/mol. The van der Waals surface area contributed by atoms with Gasteiger partial charge in [-0.25, -0.2) is 0 Å². The average Bonchev–Trinajstić information content (AvgIpc) is 2.56. The summed E-state index contributed by atoms with van der Waals surface area (Å²) in [5.74, 6) is -0.115. The van der Waals surface area contributed by atoms with E-state index in [-0.39, 0.29) is 17.1 Å². The Kier molecular flexibility index (Phi) is 6.70. The molecule has 0 aliphatic rings. The van der Waals surface area contributed by atoms with Gasteiger partial charge in [0.1, 0.15) is 0 Å². The Labute approximate surface area is 151 Å². The van der Waals surface area contributed by atoms with E-state index in [4.69, 9.17) is 11.6 Å². The zero-order valence-electron chi connectivity index (χ0n) is 13.5. The summed E-state index contributed by atoms with van der Waals surface area (Å²) in [6.45, 7) is 3.65. The summed E-state index contributed by atoms with van der Waals surface area (Å²) in [5.41, 5.74) is 1.43. The van der Waals surface area contributed by atoms with Crippen molar-refractivity contribution < 1.29 is 9.59 Å². The fraction of sp³-hybridized carbons (Fsp3) is 0.222. The molecule has 1 unspecified atom stereocenters.